The van der Waals surface area contributed by atoms with Crippen LogP contribution in [0.25, 0.3) is 0 Å². The minimum absolute atomic E-state index is 0.0702. The van der Waals surface area contributed by atoms with E-state index in [-0.39, 0.29) is 11.5 Å². The van der Waals surface area contributed by atoms with Crippen molar-refractivity contribution < 1.29 is 17.9 Å². The average Bonchev–Trinajstić information content (AvgIpc) is 2.45. The molecule has 0 aliphatic carbocycles. The highest BCUT2D eigenvalue weighted by atomic mass is 32.2. The number of aromatic nitrogens is 1. The van der Waals surface area contributed by atoms with Crippen molar-refractivity contribution in [1.82, 2.24) is 4.98 Å². The molecule has 0 atom stereocenters. The predicted octanol–water partition coefficient (Wildman–Crippen LogP) is 1.84. The molecule has 5 nitrogen and oxygen atoms in total. The van der Waals surface area contributed by atoms with Crippen molar-refractivity contribution in [3.63, 3.8) is 0 Å². The lowest BCUT2D eigenvalue weighted by Crippen LogP contribution is -2.09. The van der Waals surface area contributed by atoms with Crippen molar-refractivity contribution in [2.75, 3.05) is 6.26 Å². The van der Waals surface area contributed by atoms with Gasteiger partial charge >= 0.3 is 5.97 Å². The molecule has 1 heterocycles. The average molecular weight is 291 g/mol. The summed E-state index contributed by atoms with van der Waals surface area (Å²) in [6, 6.07) is 10.0. The maximum Gasteiger partial charge on any atom is 0.338 e. The predicted molar refractivity (Wildman–Crippen MR) is 72.9 cm³/mol. The topological polar surface area (TPSA) is 73.3 Å². The van der Waals surface area contributed by atoms with Crippen LogP contribution in [0.2, 0.25) is 0 Å². The Bertz CT molecular complexity index is 711. The number of ether oxygens (including phenoxy) is 1. The number of rotatable bonds is 4. The van der Waals surface area contributed by atoms with Gasteiger partial charge in [0.1, 0.15) is 6.61 Å². The lowest BCUT2D eigenvalue weighted by molar-refractivity contribution is 0.0469. The molecule has 104 valence electrons. The van der Waals surface area contributed by atoms with Crippen molar-refractivity contribution in [2.45, 2.75) is 11.5 Å². The molecular formula is C14H13NO4S. The zero-order valence-corrected chi connectivity index (χ0v) is 11.6. The monoisotopic (exact) mass is 291 g/mol. The van der Waals surface area contributed by atoms with Crippen molar-refractivity contribution in [3.05, 3.63) is 59.9 Å². The molecule has 1 aromatic heterocycles. The molecule has 0 radical (unpaired) electrons. The summed E-state index contributed by atoms with van der Waals surface area (Å²) in [7, 11) is -3.40. The SMILES string of the molecule is CS(=O)(=O)c1cnccc1COC(=O)c1ccccc1. The molecule has 0 spiro atoms. The highest BCUT2D eigenvalue weighted by Crippen LogP contribution is 2.15. The summed E-state index contributed by atoms with van der Waals surface area (Å²) in [4.78, 5) is 15.6. The first kappa shape index (κ1) is 14.2. The molecule has 0 bridgehead atoms. The van der Waals surface area contributed by atoms with Gasteiger partial charge in [0, 0.05) is 24.2 Å². The van der Waals surface area contributed by atoms with Crippen LogP contribution in [0, 0.1) is 0 Å². The van der Waals surface area contributed by atoms with Gasteiger partial charge in [-0.15, -0.1) is 0 Å². The summed E-state index contributed by atoms with van der Waals surface area (Å²) < 4.78 is 28.3. The molecule has 20 heavy (non-hydrogen) atoms. The standard InChI is InChI=1S/C14H13NO4S/c1-20(17,18)13-9-15-8-7-12(13)10-19-14(16)11-5-3-2-4-6-11/h2-9H,10H2,1H3. The Hall–Kier alpha value is -2.21. The van der Waals surface area contributed by atoms with Crippen LogP contribution in [0.4, 0.5) is 0 Å². The number of esters is 1. The Morgan fingerprint density at radius 2 is 1.90 bits per heavy atom. The Morgan fingerprint density at radius 1 is 1.20 bits per heavy atom. The lowest BCUT2D eigenvalue weighted by atomic mass is 10.2. The van der Waals surface area contributed by atoms with Crippen LogP contribution in [0.5, 0.6) is 0 Å². The van der Waals surface area contributed by atoms with E-state index in [4.69, 9.17) is 4.74 Å². The third kappa shape index (κ3) is 3.42. The van der Waals surface area contributed by atoms with Crippen molar-refractivity contribution in [1.29, 1.82) is 0 Å². The Labute approximate surface area is 117 Å². The van der Waals surface area contributed by atoms with Gasteiger partial charge in [-0.1, -0.05) is 18.2 Å². The third-order valence-corrected chi connectivity index (χ3v) is 3.80. The van der Waals surface area contributed by atoms with Crippen LogP contribution in [0.3, 0.4) is 0 Å². The van der Waals surface area contributed by atoms with Gasteiger partial charge in [-0.25, -0.2) is 13.2 Å². The van der Waals surface area contributed by atoms with Crippen LogP contribution in [-0.4, -0.2) is 25.6 Å². The first-order valence-corrected chi connectivity index (χ1v) is 7.73. The van der Waals surface area contributed by atoms with E-state index in [1.54, 1.807) is 30.3 Å². The molecular weight excluding hydrogens is 278 g/mol. The maximum atomic E-state index is 11.8. The Kier molecular flexibility index (Phi) is 4.14. The van der Waals surface area contributed by atoms with Gasteiger partial charge in [0.2, 0.25) is 0 Å². The quantitative estimate of drug-likeness (QED) is 0.804. The molecule has 1 aromatic carbocycles. The van der Waals surface area contributed by atoms with Crippen LogP contribution < -0.4 is 0 Å². The van der Waals surface area contributed by atoms with Crippen LogP contribution in [-0.2, 0) is 21.2 Å². The van der Waals surface area contributed by atoms with Gasteiger partial charge in [0.15, 0.2) is 9.84 Å². The van der Waals surface area contributed by atoms with E-state index in [9.17, 15) is 13.2 Å². The Morgan fingerprint density at radius 3 is 2.55 bits per heavy atom. The number of carbonyl (C=O) groups excluding carboxylic acids is 1. The molecule has 0 aliphatic heterocycles. The smallest absolute Gasteiger partial charge is 0.338 e. The van der Waals surface area contributed by atoms with E-state index in [1.165, 1.54) is 18.5 Å². The minimum Gasteiger partial charge on any atom is -0.457 e. The number of hydrogen-bond acceptors (Lipinski definition) is 5. The second-order valence-corrected chi connectivity index (χ2v) is 6.18. The first-order valence-electron chi connectivity index (χ1n) is 5.83. The number of benzene rings is 1. The molecule has 0 unspecified atom stereocenters. The lowest BCUT2D eigenvalue weighted by Gasteiger charge is -2.08. The number of sulfone groups is 1. The summed E-state index contributed by atoms with van der Waals surface area (Å²) in [5, 5.41) is 0. The van der Waals surface area contributed by atoms with Crippen molar-refractivity contribution in [3.8, 4) is 0 Å². The first-order chi connectivity index (χ1) is 9.48. The van der Waals surface area contributed by atoms with E-state index >= 15 is 0 Å². The van der Waals surface area contributed by atoms with E-state index in [0.717, 1.165) is 6.26 Å². The molecule has 0 N–H and O–H groups in total. The zero-order valence-electron chi connectivity index (χ0n) is 10.8. The minimum atomic E-state index is -3.40. The number of nitrogens with zero attached hydrogens (tertiary/aromatic N) is 1. The summed E-state index contributed by atoms with van der Waals surface area (Å²) in [6.45, 7) is -0.112. The molecule has 0 aliphatic rings. The van der Waals surface area contributed by atoms with Crippen LogP contribution in [0.15, 0.2) is 53.7 Å². The second-order valence-electron chi connectivity index (χ2n) is 4.20. The zero-order chi connectivity index (χ0) is 14.6. The largest absolute Gasteiger partial charge is 0.457 e. The van der Waals surface area contributed by atoms with Crippen LogP contribution in [0.1, 0.15) is 15.9 Å². The fraction of sp³-hybridized carbons (Fsp3) is 0.143. The Balaban J connectivity index is 2.15. The second kappa shape index (κ2) is 5.83. The highest BCUT2D eigenvalue weighted by molar-refractivity contribution is 7.90. The van der Waals surface area contributed by atoms with Crippen molar-refractivity contribution in [2.24, 2.45) is 0 Å². The molecule has 2 rings (SSSR count). The molecule has 6 heteroatoms. The summed E-state index contributed by atoms with van der Waals surface area (Å²) in [5.74, 6) is -0.498. The number of pyridine rings is 1. The van der Waals surface area contributed by atoms with Gasteiger partial charge in [0.05, 0.1) is 10.5 Å². The number of hydrogen-bond donors (Lipinski definition) is 0. The molecule has 2 aromatic rings. The van der Waals surface area contributed by atoms with Gasteiger partial charge in [-0.2, -0.15) is 0 Å². The molecule has 0 fully saturated rings. The van der Waals surface area contributed by atoms with Gasteiger partial charge < -0.3 is 4.74 Å². The summed E-state index contributed by atoms with van der Waals surface area (Å²) in [5.41, 5.74) is 0.828. The van der Waals surface area contributed by atoms with Gasteiger partial charge in [-0.3, -0.25) is 4.98 Å². The highest BCUT2D eigenvalue weighted by Gasteiger charge is 2.15. The van der Waals surface area contributed by atoms with Crippen LogP contribution >= 0.6 is 0 Å². The molecule has 0 saturated heterocycles. The fourth-order valence-electron chi connectivity index (χ4n) is 1.66. The van der Waals surface area contributed by atoms with E-state index < -0.39 is 15.8 Å². The summed E-state index contributed by atoms with van der Waals surface area (Å²) in [6.07, 6.45) is 3.80. The molecule has 0 saturated carbocycles. The van der Waals surface area contributed by atoms with Gasteiger partial charge in [-0.05, 0) is 18.2 Å². The summed E-state index contributed by atoms with van der Waals surface area (Å²) >= 11 is 0. The maximum absolute atomic E-state index is 11.8. The van der Waals surface area contributed by atoms with E-state index in [0.29, 0.717) is 11.1 Å². The third-order valence-electron chi connectivity index (χ3n) is 2.64. The van der Waals surface area contributed by atoms with Gasteiger partial charge in [0.25, 0.3) is 0 Å². The molecule has 0 amide bonds. The van der Waals surface area contributed by atoms with E-state index in [2.05, 4.69) is 4.98 Å². The number of carbonyl (C=O) groups is 1. The fourth-order valence-corrected chi connectivity index (χ4v) is 2.52. The normalized spacial score (nSPS) is 11.1. The van der Waals surface area contributed by atoms with E-state index in [1.807, 2.05) is 0 Å². The van der Waals surface area contributed by atoms with Crippen molar-refractivity contribution >= 4 is 15.8 Å².